The number of carbonyl (C=O) groups is 1. The van der Waals surface area contributed by atoms with E-state index < -0.39 is 5.97 Å². The van der Waals surface area contributed by atoms with Crippen LogP contribution in [0, 0.1) is 0 Å². The maximum Gasteiger partial charge on any atom is 0.338 e. The lowest BCUT2D eigenvalue weighted by atomic mass is 10.1. The molecule has 0 saturated heterocycles. The largest absolute Gasteiger partial charge is 0.492 e. The zero-order chi connectivity index (χ0) is 16.1. The van der Waals surface area contributed by atoms with Crippen LogP contribution in [-0.4, -0.2) is 31.3 Å². The highest BCUT2D eigenvalue weighted by Gasteiger charge is 2.24. The molecule has 1 aromatic carbocycles. The molecule has 1 aliphatic heterocycles. The molecule has 1 aromatic rings. The second-order valence-corrected chi connectivity index (χ2v) is 5.42. The molecule has 2 rings (SSSR count). The number of methoxy groups -OCH3 is 1. The van der Waals surface area contributed by atoms with Crippen molar-refractivity contribution >= 4 is 5.97 Å². The van der Waals surface area contributed by atoms with Crippen molar-refractivity contribution in [3.8, 4) is 17.2 Å². The van der Waals surface area contributed by atoms with Crippen molar-refractivity contribution in [2.45, 2.75) is 33.2 Å². The van der Waals surface area contributed by atoms with E-state index in [1.54, 1.807) is 20.1 Å². The Bertz CT molecular complexity index is 568. The maximum atomic E-state index is 11.7. The van der Waals surface area contributed by atoms with Crippen molar-refractivity contribution in [2.75, 3.05) is 20.4 Å². The van der Waals surface area contributed by atoms with Crippen LogP contribution in [0.4, 0.5) is 0 Å². The van der Waals surface area contributed by atoms with Gasteiger partial charge in [-0.05, 0) is 25.5 Å². The van der Waals surface area contributed by atoms with Gasteiger partial charge in [-0.25, -0.2) is 4.79 Å². The Labute approximate surface area is 131 Å². The monoisotopic (exact) mass is 305 g/mol. The van der Waals surface area contributed by atoms with E-state index in [0.717, 1.165) is 37.2 Å². The van der Waals surface area contributed by atoms with Crippen molar-refractivity contribution in [2.24, 2.45) is 0 Å². The number of ether oxygens (including phenoxy) is 3. The van der Waals surface area contributed by atoms with E-state index in [1.807, 2.05) is 6.07 Å². The fraction of sp³-hybridized carbons (Fsp3) is 0.471. The van der Waals surface area contributed by atoms with E-state index in [2.05, 4.69) is 18.4 Å². The number of hydrogen-bond acceptors (Lipinski definition) is 5. The van der Waals surface area contributed by atoms with Crippen LogP contribution in [-0.2, 0) is 11.3 Å². The minimum atomic E-state index is -0.460. The van der Waals surface area contributed by atoms with Crippen LogP contribution in [0.25, 0.3) is 0 Å². The number of hydrogen-bond donors (Lipinski definition) is 0. The van der Waals surface area contributed by atoms with Crippen LogP contribution in [0.3, 0.4) is 0 Å². The summed E-state index contributed by atoms with van der Waals surface area (Å²) in [6.07, 6.45) is 2.25. The second kappa shape index (κ2) is 7.31. The number of benzene rings is 1. The molecule has 0 spiro atoms. The fourth-order valence-electron chi connectivity index (χ4n) is 2.32. The molecule has 22 heavy (non-hydrogen) atoms. The first kappa shape index (κ1) is 16.4. The van der Waals surface area contributed by atoms with Crippen LogP contribution < -0.4 is 14.2 Å². The molecular weight excluding hydrogens is 282 g/mol. The van der Waals surface area contributed by atoms with E-state index in [-0.39, 0.29) is 0 Å². The highest BCUT2D eigenvalue weighted by molar-refractivity contribution is 5.89. The third-order valence-electron chi connectivity index (χ3n) is 3.55. The standard InChI is InChI=1S/C17H23NO4/c1-5-6-9-18-10-13-14(21-11-18)7-8-15(16(13)20-4)22-17(19)12(2)3/h7-8H,2,5-6,9-11H2,1,3-4H3. The Morgan fingerprint density at radius 3 is 2.86 bits per heavy atom. The Balaban J connectivity index is 2.25. The van der Waals surface area contributed by atoms with Gasteiger partial charge in [-0.3, -0.25) is 4.90 Å². The second-order valence-electron chi connectivity index (χ2n) is 5.42. The van der Waals surface area contributed by atoms with Crippen LogP contribution >= 0.6 is 0 Å². The van der Waals surface area contributed by atoms with E-state index in [1.165, 1.54) is 0 Å². The summed E-state index contributed by atoms with van der Waals surface area (Å²) in [7, 11) is 1.57. The van der Waals surface area contributed by atoms with Crippen molar-refractivity contribution in [1.82, 2.24) is 4.90 Å². The molecule has 0 fully saturated rings. The molecule has 0 aliphatic carbocycles. The number of unbranched alkanes of at least 4 members (excludes halogenated alkanes) is 1. The predicted molar refractivity (Wildman–Crippen MR) is 84.3 cm³/mol. The maximum absolute atomic E-state index is 11.7. The molecule has 5 heteroatoms. The van der Waals surface area contributed by atoms with Gasteiger partial charge in [0.25, 0.3) is 0 Å². The van der Waals surface area contributed by atoms with Crippen molar-refractivity contribution in [1.29, 1.82) is 0 Å². The average molecular weight is 305 g/mol. The third-order valence-corrected chi connectivity index (χ3v) is 3.55. The predicted octanol–water partition coefficient (Wildman–Crippen LogP) is 3.13. The van der Waals surface area contributed by atoms with Crippen molar-refractivity contribution in [3.63, 3.8) is 0 Å². The molecule has 1 heterocycles. The van der Waals surface area contributed by atoms with Gasteiger partial charge in [0, 0.05) is 18.7 Å². The van der Waals surface area contributed by atoms with Gasteiger partial charge in [-0.15, -0.1) is 0 Å². The molecule has 0 radical (unpaired) electrons. The lowest BCUT2D eigenvalue weighted by Crippen LogP contribution is -2.33. The lowest BCUT2D eigenvalue weighted by molar-refractivity contribution is -0.130. The van der Waals surface area contributed by atoms with Gasteiger partial charge in [0.15, 0.2) is 11.5 Å². The summed E-state index contributed by atoms with van der Waals surface area (Å²) in [4.78, 5) is 13.9. The summed E-state index contributed by atoms with van der Waals surface area (Å²) >= 11 is 0. The van der Waals surface area contributed by atoms with Gasteiger partial charge in [0.2, 0.25) is 0 Å². The Morgan fingerprint density at radius 1 is 1.45 bits per heavy atom. The highest BCUT2D eigenvalue weighted by atomic mass is 16.6. The number of fused-ring (bicyclic) bond motifs is 1. The third kappa shape index (κ3) is 3.60. The fourth-order valence-corrected chi connectivity index (χ4v) is 2.32. The molecule has 0 N–H and O–H groups in total. The van der Waals surface area contributed by atoms with Crippen LogP contribution in [0.5, 0.6) is 17.2 Å². The Hall–Kier alpha value is -2.01. The minimum absolute atomic E-state index is 0.348. The first-order valence-electron chi connectivity index (χ1n) is 7.49. The summed E-state index contributed by atoms with van der Waals surface area (Å²) in [5.41, 5.74) is 1.26. The molecule has 0 unspecified atom stereocenters. The van der Waals surface area contributed by atoms with Crippen LogP contribution in [0.1, 0.15) is 32.3 Å². The average Bonchev–Trinajstić information content (AvgIpc) is 2.52. The lowest BCUT2D eigenvalue weighted by Gasteiger charge is -2.30. The van der Waals surface area contributed by atoms with Gasteiger partial charge in [0.05, 0.1) is 12.7 Å². The summed E-state index contributed by atoms with van der Waals surface area (Å²) in [5, 5.41) is 0. The minimum Gasteiger partial charge on any atom is -0.492 e. The highest BCUT2D eigenvalue weighted by Crippen LogP contribution is 2.40. The Kier molecular flexibility index (Phi) is 5.44. The molecule has 120 valence electrons. The quantitative estimate of drug-likeness (QED) is 0.459. The Morgan fingerprint density at radius 2 is 2.23 bits per heavy atom. The normalized spacial score (nSPS) is 14.0. The molecule has 0 aromatic heterocycles. The van der Waals surface area contributed by atoms with Gasteiger partial charge in [-0.2, -0.15) is 0 Å². The van der Waals surface area contributed by atoms with Gasteiger partial charge in [-0.1, -0.05) is 19.9 Å². The molecular formula is C17H23NO4. The van der Waals surface area contributed by atoms with Gasteiger partial charge in [0.1, 0.15) is 12.5 Å². The van der Waals surface area contributed by atoms with Gasteiger partial charge < -0.3 is 14.2 Å². The molecule has 0 saturated carbocycles. The smallest absolute Gasteiger partial charge is 0.338 e. The first-order chi connectivity index (χ1) is 10.6. The zero-order valence-electron chi connectivity index (χ0n) is 13.5. The number of esters is 1. The van der Waals surface area contributed by atoms with Gasteiger partial charge >= 0.3 is 5.97 Å². The number of nitrogens with zero attached hydrogens (tertiary/aromatic N) is 1. The van der Waals surface area contributed by atoms with E-state index in [9.17, 15) is 4.79 Å². The summed E-state index contributed by atoms with van der Waals surface area (Å²) in [6, 6.07) is 3.51. The van der Waals surface area contributed by atoms with Crippen molar-refractivity contribution in [3.05, 3.63) is 29.8 Å². The zero-order valence-corrected chi connectivity index (χ0v) is 13.5. The van der Waals surface area contributed by atoms with E-state index in [4.69, 9.17) is 14.2 Å². The first-order valence-corrected chi connectivity index (χ1v) is 7.49. The van der Waals surface area contributed by atoms with Crippen LogP contribution in [0.2, 0.25) is 0 Å². The van der Waals surface area contributed by atoms with E-state index >= 15 is 0 Å². The van der Waals surface area contributed by atoms with Crippen LogP contribution in [0.15, 0.2) is 24.3 Å². The number of carbonyl (C=O) groups excluding carboxylic acids is 1. The molecule has 0 bridgehead atoms. The molecule has 5 nitrogen and oxygen atoms in total. The van der Waals surface area contributed by atoms with Crippen molar-refractivity contribution < 1.29 is 19.0 Å². The summed E-state index contributed by atoms with van der Waals surface area (Å²) < 4.78 is 16.6. The topological polar surface area (TPSA) is 48.0 Å². The van der Waals surface area contributed by atoms with E-state index in [0.29, 0.717) is 23.8 Å². The number of rotatable bonds is 6. The summed E-state index contributed by atoms with van der Waals surface area (Å²) in [5.74, 6) is 1.26. The molecule has 1 aliphatic rings. The molecule has 0 atom stereocenters. The summed E-state index contributed by atoms with van der Waals surface area (Å²) in [6.45, 7) is 9.62. The molecule has 0 amide bonds. The SMILES string of the molecule is C=C(C)C(=O)Oc1ccc2c(c1OC)CN(CCCC)CO2.